The van der Waals surface area contributed by atoms with Crippen molar-refractivity contribution in [3.05, 3.63) is 101 Å². The Morgan fingerprint density at radius 3 is 2.42 bits per heavy atom. The van der Waals surface area contributed by atoms with E-state index < -0.39 is 0 Å². The number of hydrogen-bond donors (Lipinski definition) is 1. The largest absolute Gasteiger partial charge is 0.497 e. The Hall–Kier alpha value is -4.45. The smallest absolute Gasteiger partial charge is 0.256 e. The topological polar surface area (TPSA) is 69.0 Å². The van der Waals surface area contributed by atoms with Crippen LogP contribution in [0.15, 0.2) is 79.0 Å². The van der Waals surface area contributed by atoms with Crippen molar-refractivity contribution in [3.8, 4) is 22.7 Å². The Bertz CT molecular complexity index is 1550. The molecule has 0 bridgehead atoms. The maximum absolute atomic E-state index is 13.5. The second-order valence-electron chi connectivity index (χ2n) is 8.83. The normalized spacial score (nSPS) is 11.0. The standard InChI is InChI=1S/C30H28N4O2/c1-5-21-7-9-22(10-8-21)32-30(35)26-17-29(33-28-15-6-19(2)16-25(26)28)27-18-31-34(20(27)3)23-11-13-24(36-4)14-12-23/h6-18H,5H2,1-4H3,(H,32,35). The van der Waals surface area contributed by atoms with Gasteiger partial charge in [-0.05, 0) is 80.4 Å². The van der Waals surface area contributed by atoms with Gasteiger partial charge in [0.1, 0.15) is 5.75 Å². The molecule has 2 heterocycles. The van der Waals surface area contributed by atoms with Crippen molar-refractivity contribution in [2.24, 2.45) is 0 Å². The molecule has 0 atom stereocenters. The summed E-state index contributed by atoms with van der Waals surface area (Å²) in [7, 11) is 1.65. The number of benzene rings is 3. The molecule has 0 aliphatic carbocycles. The third kappa shape index (κ3) is 4.45. The van der Waals surface area contributed by atoms with Crippen LogP contribution in [0.5, 0.6) is 5.75 Å². The lowest BCUT2D eigenvalue weighted by Gasteiger charge is -2.12. The van der Waals surface area contributed by atoms with Crippen LogP contribution in [0.3, 0.4) is 0 Å². The molecule has 6 nitrogen and oxygen atoms in total. The van der Waals surface area contributed by atoms with Crippen LogP contribution in [-0.4, -0.2) is 27.8 Å². The number of carbonyl (C=O) groups is 1. The van der Waals surface area contributed by atoms with Gasteiger partial charge < -0.3 is 10.1 Å². The summed E-state index contributed by atoms with van der Waals surface area (Å²) >= 11 is 0. The zero-order valence-corrected chi connectivity index (χ0v) is 20.9. The Kier molecular flexibility index (Phi) is 6.25. The summed E-state index contributed by atoms with van der Waals surface area (Å²) in [5.74, 6) is 0.619. The summed E-state index contributed by atoms with van der Waals surface area (Å²) < 4.78 is 7.14. The van der Waals surface area contributed by atoms with Crippen molar-refractivity contribution in [1.82, 2.24) is 14.8 Å². The van der Waals surface area contributed by atoms with E-state index in [-0.39, 0.29) is 5.91 Å². The molecule has 2 aromatic heterocycles. The van der Waals surface area contributed by atoms with Crippen LogP contribution in [0, 0.1) is 13.8 Å². The van der Waals surface area contributed by atoms with Crippen molar-refractivity contribution in [3.63, 3.8) is 0 Å². The number of pyridine rings is 1. The molecule has 0 unspecified atom stereocenters. The van der Waals surface area contributed by atoms with E-state index in [4.69, 9.17) is 9.72 Å². The Balaban J connectivity index is 1.56. The lowest BCUT2D eigenvalue weighted by atomic mass is 10.0. The van der Waals surface area contributed by atoms with E-state index in [9.17, 15) is 4.79 Å². The number of nitrogens with one attached hydrogen (secondary N) is 1. The molecular weight excluding hydrogens is 448 g/mol. The highest BCUT2D eigenvalue weighted by Crippen LogP contribution is 2.29. The molecule has 180 valence electrons. The lowest BCUT2D eigenvalue weighted by molar-refractivity contribution is 0.102. The fourth-order valence-corrected chi connectivity index (χ4v) is 4.33. The molecule has 5 aromatic rings. The van der Waals surface area contributed by atoms with E-state index in [0.29, 0.717) is 11.3 Å². The molecule has 36 heavy (non-hydrogen) atoms. The Morgan fingerprint density at radius 2 is 1.72 bits per heavy atom. The number of rotatable bonds is 6. The zero-order chi connectivity index (χ0) is 25.2. The first-order valence-corrected chi connectivity index (χ1v) is 12.0. The molecule has 0 aliphatic rings. The van der Waals surface area contributed by atoms with Crippen molar-refractivity contribution in [2.75, 3.05) is 12.4 Å². The molecule has 0 spiro atoms. The van der Waals surface area contributed by atoms with Crippen molar-refractivity contribution in [1.29, 1.82) is 0 Å². The summed E-state index contributed by atoms with van der Waals surface area (Å²) in [6.07, 6.45) is 2.75. The van der Waals surface area contributed by atoms with Gasteiger partial charge in [-0.25, -0.2) is 9.67 Å². The number of amides is 1. The monoisotopic (exact) mass is 476 g/mol. The highest BCUT2D eigenvalue weighted by molar-refractivity contribution is 6.13. The molecule has 5 rings (SSSR count). The van der Waals surface area contributed by atoms with E-state index in [1.807, 2.05) is 91.3 Å². The van der Waals surface area contributed by atoms with Gasteiger partial charge in [0.25, 0.3) is 5.91 Å². The SMILES string of the molecule is CCc1ccc(NC(=O)c2cc(-c3cnn(-c4ccc(OC)cc4)c3C)nc3ccc(C)cc23)cc1. The van der Waals surface area contributed by atoms with Crippen LogP contribution in [0.1, 0.15) is 34.1 Å². The predicted molar refractivity (Wildman–Crippen MR) is 144 cm³/mol. The molecule has 0 fully saturated rings. The van der Waals surface area contributed by atoms with E-state index in [2.05, 4.69) is 17.3 Å². The van der Waals surface area contributed by atoms with E-state index in [0.717, 1.165) is 51.3 Å². The molecule has 3 aromatic carbocycles. The van der Waals surface area contributed by atoms with Crippen LogP contribution in [0.25, 0.3) is 27.8 Å². The van der Waals surface area contributed by atoms with Crippen LogP contribution in [-0.2, 0) is 6.42 Å². The van der Waals surface area contributed by atoms with Gasteiger partial charge in [0, 0.05) is 16.6 Å². The molecular formula is C30H28N4O2. The first-order chi connectivity index (χ1) is 17.5. The minimum Gasteiger partial charge on any atom is -0.497 e. The highest BCUT2D eigenvalue weighted by Gasteiger charge is 2.18. The number of fused-ring (bicyclic) bond motifs is 1. The summed E-state index contributed by atoms with van der Waals surface area (Å²) in [6, 6.07) is 23.5. The van der Waals surface area contributed by atoms with Crippen molar-refractivity contribution in [2.45, 2.75) is 27.2 Å². The maximum atomic E-state index is 13.5. The van der Waals surface area contributed by atoms with Crippen LogP contribution >= 0.6 is 0 Å². The molecule has 6 heteroatoms. The molecule has 0 saturated heterocycles. The summed E-state index contributed by atoms with van der Waals surface area (Å²) in [5, 5.41) is 8.48. The summed E-state index contributed by atoms with van der Waals surface area (Å²) in [5.41, 5.74) is 7.83. The quantitative estimate of drug-likeness (QED) is 0.303. The van der Waals surface area contributed by atoms with Gasteiger partial charge in [0.15, 0.2) is 0 Å². The summed E-state index contributed by atoms with van der Waals surface area (Å²) in [6.45, 7) is 6.13. The fraction of sp³-hybridized carbons (Fsp3) is 0.167. The van der Waals surface area contributed by atoms with Gasteiger partial charge in [0.2, 0.25) is 0 Å². The predicted octanol–water partition coefficient (Wildman–Crippen LogP) is 6.53. The highest BCUT2D eigenvalue weighted by atomic mass is 16.5. The molecule has 0 aliphatic heterocycles. The van der Waals surface area contributed by atoms with E-state index in [1.54, 1.807) is 13.3 Å². The average Bonchev–Trinajstić information content (AvgIpc) is 3.29. The number of aryl methyl sites for hydroxylation is 2. The molecule has 1 N–H and O–H groups in total. The summed E-state index contributed by atoms with van der Waals surface area (Å²) in [4.78, 5) is 18.4. The molecule has 1 amide bonds. The Morgan fingerprint density at radius 1 is 0.972 bits per heavy atom. The molecule has 0 radical (unpaired) electrons. The van der Waals surface area contributed by atoms with Crippen molar-refractivity contribution >= 4 is 22.5 Å². The zero-order valence-electron chi connectivity index (χ0n) is 20.9. The van der Waals surface area contributed by atoms with E-state index >= 15 is 0 Å². The van der Waals surface area contributed by atoms with Crippen LogP contribution in [0.2, 0.25) is 0 Å². The van der Waals surface area contributed by atoms with Crippen LogP contribution < -0.4 is 10.1 Å². The number of aromatic nitrogens is 3. The third-order valence-corrected chi connectivity index (χ3v) is 6.43. The second-order valence-corrected chi connectivity index (χ2v) is 8.83. The van der Waals surface area contributed by atoms with Gasteiger partial charge in [-0.3, -0.25) is 4.79 Å². The minimum atomic E-state index is -0.168. The number of nitrogens with zero attached hydrogens (tertiary/aromatic N) is 3. The van der Waals surface area contributed by atoms with E-state index in [1.165, 1.54) is 5.56 Å². The fourth-order valence-electron chi connectivity index (χ4n) is 4.33. The minimum absolute atomic E-state index is 0.168. The number of hydrogen-bond acceptors (Lipinski definition) is 4. The van der Waals surface area contributed by atoms with Gasteiger partial charge in [-0.15, -0.1) is 0 Å². The number of methoxy groups -OCH3 is 1. The Labute approximate surface area is 210 Å². The van der Waals surface area contributed by atoms with Gasteiger partial charge in [-0.2, -0.15) is 5.10 Å². The van der Waals surface area contributed by atoms with Gasteiger partial charge in [0.05, 0.1) is 41.5 Å². The number of carbonyl (C=O) groups excluding carboxylic acids is 1. The second kappa shape index (κ2) is 9.66. The first kappa shape index (κ1) is 23.3. The molecule has 0 saturated carbocycles. The lowest BCUT2D eigenvalue weighted by Crippen LogP contribution is -2.13. The number of anilines is 1. The first-order valence-electron chi connectivity index (χ1n) is 12.0. The van der Waals surface area contributed by atoms with Crippen LogP contribution in [0.4, 0.5) is 5.69 Å². The van der Waals surface area contributed by atoms with Gasteiger partial charge >= 0.3 is 0 Å². The van der Waals surface area contributed by atoms with Gasteiger partial charge in [-0.1, -0.05) is 30.7 Å². The maximum Gasteiger partial charge on any atom is 0.256 e. The third-order valence-electron chi connectivity index (χ3n) is 6.43. The van der Waals surface area contributed by atoms with Crippen molar-refractivity contribution < 1.29 is 9.53 Å². The average molecular weight is 477 g/mol. The number of ether oxygens (including phenoxy) is 1.